The van der Waals surface area contributed by atoms with Crippen LogP contribution in [0.5, 0.6) is 5.75 Å². The number of methoxy groups -OCH3 is 1. The Morgan fingerprint density at radius 2 is 1.88 bits per heavy atom. The Bertz CT molecular complexity index is 349. The summed E-state index contributed by atoms with van der Waals surface area (Å²) in [5.41, 5.74) is 7.33. The number of nitrogens with two attached hydrogens (primary N) is 1. The van der Waals surface area contributed by atoms with E-state index < -0.39 is 0 Å². The first-order valence-corrected chi connectivity index (χ1v) is 5.74. The maximum absolute atomic E-state index is 6.21. The van der Waals surface area contributed by atoms with Crippen molar-refractivity contribution in [2.24, 2.45) is 11.1 Å². The molecule has 1 atom stereocenters. The Morgan fingerprint density at radius 1 is 1.31 bits per heavy atom. The molecule has 0 spiro atoms. The third kappa shape index (κ3) is 3.65. The molecule has 0 aliphatic heterocycles. The topological polar surface area (TPSA) is 35.2 Å². The van der Waals surface area contributed by atoms with Gasteiger partial charge in [0.1, 0.15) is 5.75 Å². The van der Waals surface area contributed by atoms with E-state index in [9.17, 15) is 0 Å². The lowest BCUT2D eigenvalue weighted by Crippen LogP contribution is -2.26. The van der Waals surface area contributed by atoms with E-state index in [0.717, 1.165) is 15.8 Å². The van der Waals surface area contributed by atoms with Crippen molar-refractivity contribution < 1.29 is 4.74 Å². The first kappa shape index (κ1) is 15.8. The highest BCUT2D eigenvalue weighted by molar-refractivity contribution is 9.10. The minimum Gasteiger partial charge on any atom is -0.497 e. The van der Waals surface area contributed by atoms with E-state index in [4.69, 9.17) is 10.5 Å². The van der Waals surface area contributed by atoms with Crippen LogP contribution in [0.3, 0.4) is 0 Å². The quantitative estimate of drug-likeness (QED) is 0.898. The predicted molar refractivity (Wildman–Crippen MR) is 74.3 cm³/mol. The van der Waals surface area contributed by atoms with Crippen LogP contribution in [0.15, 0.2) is 22.7 Å². The van der Waals surface area contributed by atoms with Gasteiger partial charge in [0.25, 0.3) is 0 Å². The summed E-state index contributed by atoms with van der Waals surface area (Å²) in [7, 11) is 1.66. The normalized spacial score (nSPS) is 12.9. The van der Waals surface area contributed by atoms with E-state index in [-0.39, 0.29) is 23.9 Å². The van der Waals surface area contributed by atoms with Gasteiger partial charge < -0.3 is 10.5 Å². The molecule has 0 aliphatic carbocycles. The Morgan fingerprint density at radius 3 is 2.31 bits per heavy atom. The van der Waals surface area contributed by atoms with Gasteiger partial charge in [-0.15, -0.1) is 12.4 Å². The second-order valence-electron chi connectivity index (χ2n) is 4.73. The van der Waals surface area contributed by atoms with Crippen LogP contribution >= 0.6 is 28.3 Å². The monoisotopic (exact) mass is 307 g/mol. The van der Waals surface area contributed by atoms with E-state index in [1.807, 2.05) is 18.2 Å². The van der Waals surface area contributed by atoms with Crippen molar-refractivity contribution in [1.82, 2.24) is 0 Å². The zero-order chi connectivity index (χ0) is 11.6. The van der Waals surface area contributed by atoms with Gasteiger partial charge in [-0.05, 0) is 29.2 Å². The van der Waals surface area contributed by atoms with Crippen LogP contribution < -0.4 is 10.5 Å². The summed E-state index contributed by atoms with van der Waals surface area (Å²) >= 11 is 3.52. The summed E-state index contributed by atoms with van der Waals surface area (Å²) in [6, 6.07) is 5.87. The Labute approximate surface area is 112 Å². The molecular weight excluding hydrogens is 289 g/mol. The second-order valence-corrected chi connectivity index (χ2v) is 5.59. The number of halogens is 2. The van der Waals surface area contributed by atoms with E-state index in [0.29, 0.717) is 0 Å². The number of rotatable bonds is 2. The molecule has 0 unspecified atom stereocenters. The van der Waals surface area contributed by atoms with Crippen LogP contribution in [0.1, 0.15) is 32.4 Å². The molecule has 1 rings (SSSR count). The van der Waals surface area contributed by atoms with Crippen molar-refractivity contribution in [2.75, 3.05) is 7.11 Å². The summed E-state index contributed by atoms with van der Waals surface area (Å²) in [6.07, 6.45) is 0. The highest BCUT2D eigenvalue weighted by Crippen LogP contribution is 2.36. The molecule has 0 saturated heterocycles. The van der Waals surface area contributed by atoms with Gasteiger partial charge in [-0.25, -0.2) is 0 Å². The molecule has 0 fully saturated rings. The smallest absolute Gasteiger partial charge is 0.119 e. The molecule has 2 N–H and O–H groups in total. The summed E-state index contributed by atoms with van der Waals surface area (Å²) in [6.45, 7) is 6.39. The maximum Gasteiger partial charge on any atom is 0.119 e. The van der Waals surface area contributed by atoms with Crippen molar-refractivity contribution in [3.63, 3.8) is 0 Å². The first-order chi connectivity index (χ1) is 6.86. The summed E-state index contributed by atoms with van der Waals surface area (Å²) in [5.74, 6) is 0.841. The lowest BCUT2D eigenvalue weighted by Gasteiger charge is -2.28. The molecule has 4 heteroatoms. The van der Waals surface area contributed by atoms with Crippen LogP contribution in [0.2, 0.25) is 0 Å². The molecule has 0 bridgehead atoms. The molecule has 0 aromatic heterocycles. The van der Waals surface area contributed by atoms with Gasteiger partial charge in [0.05, 0.1) is 7.11 Å². The zero-order valence-corrected chi connectivity index (χ0v) is 12.5. The Balaban J connectivity index is 0.00000225. The molecule has 1 aromatic rings. The fraction of sp³-hybridized carbons (Fsp3) is 0.500. The van der Waals surface area contributed by atoms with E-state index >= 15 is 0 Å². The van der Waals surface area contributed by atoms with Crippen molar-refractivity contribution in [2.45, 2.75) is 26.8 Å². The maximum atomic E-state index is 6.21. The molecule has 0 amide bonds. The third-order valence-corrected chi connectivity index (χ3v) is 3.19. The van der Waals surface area contributed by atoms with Gasteiger partial charge in [-0.2, -0.15) is 0 Å². The first-order valence-electron chi connectivity index (χ1n) is 4.95. The van der Waals surface area contributed by atoms with Gasteiger partial charge in [0, 0.05) is 10.5 Å². The van der Waals surface area contributed by atoms with Crippen molar-refractivity contribution in [3.8, 4) is 5.75 Å². The minimum atomic E-state index is -0.0121. The molecule has 2 nitrogen and oxygen atoms in total. The van der Waals surface area contributed by atoms with Crippen molar-refractivity contribution in [1.29, 1.82) is 0 Å². The average Bonchev–Trinajstić information content (AvgIpc) is 2.16. The zero-order valence-electron chi connectivity index (χ0n) is 10.1. The van der Waals surface area contributed by atoms with Crippen molar-refractivity contribution in [3.05, 3.63) is 28.2 Å². The Hall–Kier alpha value is -0.250. The van der Waals surface area contributed by atoms with Gasteiger partial charge in [0.15, 0.2) is 0 Å². The SMILES string of the molecule is COc1ccc(Br)c([C@H](N)C(C)(C)C)c1.Cl. The summed E-state index contributed by atoms with van der Waals surface area (Å²) < 4.78 is 6.23. The lowest BCUT2D eigenvalue weighted by molar-refractivity contribution is 0.324. The standard InChI is InChI=1S/C12H18BrNO.ClH/c1-12(2,3)11(14)9-7-8(15-4)5-6-10(9)13;/h5-7,11H,14H2,1-4H3;1H/t11-;/m0./s1. The minimum absolute atomic E-state index is 0. The molecule has 92 valence electrons. The Kier molecular flexibility index (Phi) is 5.80. The summed E-state index contributed by atoms with van der Waals surface area (Å²) in [4.78, 5) is 0. The predicted octanol–water partition coefficient (Wildman–Crippen LogP) is 3.93. The number of ether oxygens (including phenoxy) is 1. The average molecular weight is 309 g/mol. The molecule has 1 aromatic carbocycles. The molecule has 0 aliphatic rings. The van der Waals surface area contributed by atoms with Gasteiger partial charge in [-0.1, -0.05) is 36.7 Å². The number of benzene rings is 1. The molecular formula is C12H19BrClNO. The van der Waals surface area contributed by atoms with E-state index in [1.54, 1.807) is 7.11 Å². The third-order valence-electron chi connectivity index (χ3n) is 2.47. The molecule has 0 saturated carbocycles. The van der Waals surface area contributed by atoms with E-state index in [1.165, 1.54) is 0 Å². The van der Waals surface area contributed by atoms with Crippen LogP contribution in [0, 0.1) is 5.41 Å². The highest BCUT2D eigenvalue weighted by Gasteiger charge is 2.24. The highest BCUT2D eigenvalue weighted by atomic mass is 79.9. The van der Waals surface area contributed by atoms with Crippen LogP contribution in [-0.2, 0) is 0 Å². The fourth-order valence-electron chi connectivity index (χ4n) is 1.35. The van der Waals surface area contributed by atoms with E-state index in [2.05, 4.69) is 36.7 Å². The second kappa shape index (κ2) is 5.89. The van der Waals surface area contributed by atoms with Gasteiger partial charge in [0.2, 0.25) is 0 Å². The molecule has 16 heavy (non-hydrogen) atoms. The number of hydrogen-bond acceptors (Lipinski definition) is 2. The van der Waals surface area contributed by atoms with Gasteiger partial charge in [-0.3, -0.25) is 0 Å². The number of hydrogen-bond donors (Lipinski definition) is 1. The molecule has 0 radical (unpaired) electrons. The fourth-order valence-corrected chi connectivity index (χ4v) is 1.85. The molecule has 0 heterocycles. The largest absolute Gasteiger partial charge is 0.497 e. The summed E-state index contributed by atoms with van der Waals surface area (Å²) in [5, 5.41) is 0. The lowest BCUT2D eigenvalue weighted by atomic mass is 9.83. The van der Waals surface area contributed by atoms with Crippen LogP contribution in [-0.4, -0.2) is 7.11 Å². The van der Waals surface area contributed by atoms with Crippen LogP contribution in [0.25, 0.3) is 0 Å². The van der Waals surface area contributed by atoms with Gasteiger partial charge >= 0.3 is 0 Å². The van der Waals surface area contributed by atoms with Crippen LogP contribution in [0.4, 0.5) is 0 Å². The van der Waals surface area contributed by atoms with Crippen molar-refractivity contribution >= 4 is 28.3 Å².